The number of aliphatic hydroxyl groups is 1. The van der Waals surface area contributed by atoms with Crippen LogP contribution in [-0.4, -0.2) is 56.6 Å². The maximum absolute atomic E-state index is 9.82. The van der Waals surface area contributed by atoms with E-state index in [4.69, 9.17) is 15.2 Å². The van der Waals surface area contributed by atoms with E-state index in [1.165, 1.54) is 0 Å². The number of aliphatic hydroxyl groups excluding tert-OH is 1. The van der Waals surface area contributed by atoms with Gasteiger partial charge < -0.3 is 25.2 Å². The van der Waals surface area contributed by atoms with Gasteiger partial charge in [0.1, 0.15) is 18.5 Å². The monoisotopic (exact) mass is 254 g/mol. The van der Waals surface area contributed by atoms with Crippen molar-refractivity contribution in [2.45, 2.75) is 6.10 Å². The van der Waals surface area contributed by atoms with Gasteiger partial charge in [-0.15, -0.1) is 0 Å². The predicted octanol–water partition coefficient (Wildman–Crippen LogP) is 0.587. The van der Waals surface area contributed by atoms with Gasteiger partial charge in [-0.3, -0.25) is 0 Å². The first-order chi connectivity index (χ1) is 8.63. The van der Waals surface area contributed by atoms with E-state index in [0.29, 0.717) is 24.6 Å². The molecule has 0 radical (unpaired) electrons. The lowest BCUT2D eigenvalue weighted by Crippen LogP contribution is -2.34. The molecule has 1 unspecified atom stereocenters. The quantitative estimate of drug-likeness (QED) is 0.664. The summed E-state index contributed by atoms with van der Waals surface area (Å²) in [6, 6.07) is 7.25. The Hall–Kier alpha value is -1.30. The lowest BCUT2D eigenvalue weighted by Gasteiger charge is -2.20. The van der Waals surface area contributed by atoms with Gasteiger partial charge in [0.25, 0.3) is 0 Å². The number of methoxy groups -OCH3 is 1. The number of hydrogen-bond acceptors (Lipinski definition) is 5. The van der Waals surface area contributed by atoms with E-state index >= 15 is 0 Å². The molecule has 0 aromatic heterocycles. The van der Waals surface area contributed by atoms with Crippen LogP contribution < -0.4 is 10.5 Å². The van der Waals surface area contributed by atoms with E-state index in [9.17, 15) is 5.11 Å². The smallest absolute Gasteiger partial charge is 0.142 e. The van der Waals surface area contributed by atoms with Crippen molar-refractivity contribution in [1.82, 2.24) is 4.90 Å². The van der Waals surface area contributed by atoms with Gasteiger partial charge in [0.15, 0.2) is 0 Å². The molecule has 0 spiro atoms. The molecule has 0 aliphatic rings. The van der Waals surface area contributed by atoms with Crippen molar-refractivity contribution in [1.29, 1.82) is 0 Å². The van der Waals surface area contributed by atoms with Crippen LogP contribution in [0.15, 0.2) is 24.3 Å². The number of anilines is 1. The molecule has 0 aliphatic carbocycles. The van der Waals surface area contributed by atoms with Gasteiger partial charge in [-0.25, -0.2) is 0 Å². The highest BCUT2D eigenvalue weighted by molar-refractivity contribution is 5.51. The van der Waals surface area contributed by atoms with Crippen LogP contribution in [0, 0.1) is 0 Å². The molecule has 3 N–H and O–H groups in total. The van der Waals surface area contributed by atoms with Crippen LogP contribution in [0.1, 0.15) is 0 Å². The molecule has 1 atom stereocenters. The number of ether oxygens (including phenoxy) is 2. The fraction of sp³-hybridized carbons (Fsp3) is 0.538. The summed E-state index contributed by atoms with van der Waals surface area (Å²) < 4.78 is 10.4. The lowest BCUT2D eigenvalue weighted by molar-refractivity contribution is 0.0670. The molecule has 0 fully saturated rings. The van der Waals surface area contributed by atoms with E-state index in [0.717, 1.165) is 6.54 Å². The fourth-order valence-corrected chi connectivity index (χ4v) is 1.55. The number of rotatable bonds is 8. The molecular weight excluding hydrogens is 232 g/mol. The topological polar surface area (TPSA) is 68.0 Å². The van der Waals surface area contributed by atoms with Crippen molar-refractivity contribution in [2.75, 3.05) is 46.2 Å². The van der Waals surface area contributed by atoms with Gasteiger partial charge in [-0.2, -0.15) is 0 Å². The molecule has 0 amide bonds. The molecule has 1 aromatic rings. The Labute approximate surface area is 108 Å². The highest BCUT2D eigenvalue weighted by Crippen LogP contribution is 2.19. The van der Waals surface area contributed by atoms with Crippen LogP contribution in [0.2, 0.25) is 0 Å². The zero-order chi connectivity index (χ0) is 13.4. The van der Waals surface area contributed by atoms with E-state index in [1.54, 1.807) is 19.2 Å². The standard InChI is InChI=1S/C13H22N2O3/c1-15(7-8-17-2)9-11(16)10-18-13-6-4-3-5-12(13)14/h3-6,11,16H,7-10,14H2,1-2H3. The summed E-state index contributed by atoms with van der Waals surface area (Å²) in [5, 5.41) is 9.82. The maximum atomic E-state index is 9.82. The Morgan fingerprint density at radius 1 is 1.39 bits per heavy atom. The maximum Gasteiger partial charge on any atom is 0.142 e. The summed E-state index contributed by atoms with van der Waals surface area (Å²) in [6.45, 7) is 2.19. The summed E-state index contributed by atoms with van der Waals surface area (Å²) in [7, 11) is 3.59. The first-order valence-corrected chi connectivity index (χ1v) is 5.96. The molecule has 0 heterocycles. The molecule has 0 bridgehead atoms. The average molecular weight is 254 g/mol. The zero-order valence-corrected chi connectivity index (χ0v) is 11.0. The summed E-state index contributed by atoms with van der Waals surface area (Å²) in [5.41, 5.74) is 6.32. The summed E-state index contributed by atoms with van der Waals surface area (Å²) in [4.78, 5) is 1.99. The van der Waals surface area contributed by atoms with Crippen LogP contribution in [0.4, 0.5) is 5.69 Å². The number of nitrogens with two attached hydrogens (primary N) is 1. The lowest BCUT2D eigenvalue weighted by atomic mass is 10.3. The molecule has 0 saturated carbocycles. The van der Waals surface area contributed by atoms with Crippen molar-refractivity contribution in [3.8, 4) is 5.75 Å². The third-order valence-corrected chi connectivity index (χ3v) is 2.55. The predicted molar refractivity (Wildman–Crippen MR) is 71.7 cm³/mol. The minimum absolute atomic E-state index is 0.228. The Kier molecular flexibility index (Phi) is 6.49. The molecule has 18 heavy (non-hydrogen) atoms. The molecule has 102 valence electrons. The number of benzene rings is 1. The van der Waals surface area contributed by atoms with Gasteiger partial charge in [0.05, 0.1) is 12.3 Å². The van der Waals surface area contributed by atoms with E-state index in [2.05, 4.69) is 0 Å². The molecule has 1 aromatic carbocycles. The van der Waals surface area contributed by atoms with Crippen molar-refractivity contribution in [3.63, 3.8) is 0 Å². The average Bonchev–Trinajstić information content (AvgIpc) is 2.35. The van der Waals surface area contributed by atoms with E-state index in [-0.39, 0.29) is 6.61 Å². The van der Waals surface area contributed by atoms with Gasteiger partial charge in [0, 0.05) is 20.2 Å². The van der Waals surface area contributed by atoms with Crippen molar-refractivity contribution < 1.29 is 14.6 Å². The summed E-state index contributed by atoms with van der Waals surface area (Å²) >= 11 is 0. The normalized spacial score (nSPS) is 12.7. The van der Waals surface area contributed by atoms with Gasteiger partial charge in [0.2, 0.25) is 0 Å². The zero-order valence-electron chi connectivity index (χ0n) is 11.0. The molecule has 0 aliphatic heterocycles. The number of nitrogens with zero attached hydrogens (tertiary/aromatic N) is 1. The number of para-hydroxylation sites is 2. The fourth-order valence-electron chi connectivity index (χ4n) is 1.55. The Bertz CT molecular complexity index is 347. The summed E-state index contributed by atoms with van der Waals surface area (Å²) in [5.74, 6) is 0.607. The van der Waals surface area contributed by atoms with Crippen molar-refractivity contribution in [2.24, 2.45) is 0 Å². The third-order valence-electron chi connectivity index (χ3n) is 2.55. The first-order valence-electron chi connectivity index (χ1n) is 5.96. The van der Waals surface area contributed by atoms with Crippen LogP contribution in [0.5, 0.6) is 5.75 Å². The number of nitrogen functional groups attached to an aromatic ring is 1. The minimum atomic E-state index is -0.550. The second-order valence-corrected chi connectivity index (χ2v) is 4.26. The van der Waals surface area contributed by atoms with Gasteiger partial charge in [-0.05, 0) is 19.2 Å². The van der Waals surface area contributed by atoms with E-state index in [1.807, 2.05) is 24.1 Å². The van der Waals surface area contributed by atoms with Crippen LogP contribution >= 0.6 is 0 Å². The molecular formula is C13H22N2O3. The summed E-state index contributed by atoms with van der Waals surface area (Å²) in [6.07, 6.45) is -0.550. The Morgan fingerprint density at radius 2 is 2.11 bits per heavy atom. The van der Waals surface area contributed by atoms with Crippen molar-refractivity contribution >= 4 is 5.69 Å². The van der Waals surface area contributed by atoms with E-state index < -0.39 is 6.10 Å². The number of likely N-dealkylation sites (N-methyl/N-ethyl adjacent to an activating group) is 1. The van der Waals surface area contributed by atoms with Crippen LogP contribution in [-0.2, 0) is 4.74 Å². The second kappa shape index (κ2) is 7.92. The number of hydrogen-bond donors (Lipinski definition) is 2. The highest BCUT2D eigenvalue weighted by Gasteiger charge is 2.09. The van der Waals surface area contributed by atoms with Gasteiger partial charge >= 0.3 is 0 Å². The highest BCUT2D eigenvalue weighted by atomic mass is 16.5. The minimum Gasteiger partial charge on any atom is -0.489 e. The SMILES string of the molecule is COCCN(C)CC(O)COc1ccccc1N. The van der Waals surface area contributed by atoms with Crippen LogP contribution in [0.3, 0.4) is 0 Å². The largest absolute Gasteiger partial charge is 0.489 e. The molecule has 5 heteroatoms. The second-order valence-electron chi connectivity index (χ2n) is 4.26. The molecule has 0 saturated heterocycles. The first kappa shape index (κ1) is 14.8. The third kappa shape index (κ3) is 5.35. The Balaban J connectivity index is 2.28. The Morgan fingerprint density at radius 3 is 2.78 bits per heavy atom. The molecule has 5 nitrogen and oxygen atoms in total. The van der Waals surface area contributed by atoms with Crippen molar-refractivity contribution in [3.05, 3.63) is 24.3 Å². The van der Waals surface area contributed by atoms with Gasteiger partial charge in [-0.1, -0.05) is 12.1 Å². The van der Waals surface area contributed by atoms with Crippen LogP contribution in [0.25, 0.3) is 0 Å². The molecule has 1 rings (SSSR count).